The van der Waals surface area contributed by atoms with E-state index in [1.165, 1.54) is 0 Å². The molecular formula is C8H18B2N6. The van der Waals surface area contributed by atoms with E-state index in [0.29, 0.717) is 14.0 Å². The molecule has 16 heavy (non-hydrogen) atoms. The predicted octanol–water partition coefficient (Wildman–Crippen LogP) is -0.00978. The summed E-state index contributed by atoms with van der Waals surface area (Å²) in [5, 5.41) is 7.11. The van der Waals surface area contributed by atoms with Gasteiger partial charge in [0, 0.05) is 0 Å². The second-order valence-corrected chi connectivity index (χ2v) is 4.52. The maximum absolute atomic E-state index is 4.38. The highest BCUT2D eigenvalue weighted by Gasteiger charge is 2.38. The van der Waals surface area contributed by atoms with Crippen molar-refractivity contribution < 1.29 is 0 Å². The van der Waals surface area contributed by atoms with E-state index < -0.39 is 0 Å². The Balaban J connectivity index is 2.22. The molecule has 1 saturated heterocycles. The van der Waals surface area contributed by atoms with Crippen LogP contribution in [0.1, 0.15) is 5.82 Å². The van der Waals surface area contributed by atoms with Gasteiger partial charge in [-0.15, -0.1) is 5.10 Å². The molecule has 6 nitrogen and oxygen atoms in total. The minimum absolute atomic E-state index is 0.307. The molecular weight excluding hydrogens is 202 g/mol. The fourth-order valence-corrected chi connectivity index (χ4v) is 2.01. The standard InChI is InChI=1S/C8H18B2N6/c1-7-11-8(13-12-7)16-6-14(4)9(2)15(5)10(16)3/h6H2,1-5H3,(H,11,12,13). The molecule has 1 aromatic rings. The summed E-state index contributed by atoms with van der Waals surface area (Å²) in [4.78, 5) is 8.84. The van der Waals surface area contributed by atoms with Gasteiger partial charge in [-0.2, -0.15) is 4.98 Å². The molecule has 1 aromatic heterocycles. The number of hydrogen-bond donors (Lipinski definition) is 1. The van der Waals surface area contributed by atoms with Crippen molar-refractivity contribution in [2.45, 2.75) is 20.6 Å². The highest BCUT2D eigenvalue weighted by molar-refractivity contribution is 6.73. The molecule has 0 amide bonds. The third-order valence-corrected chi connectivity index (χ3v) is 3.49. The average molecular weight is 220 g/mol. The average Bonchev–Trinajstić information content (AvgIpc) is 2.67. The van der Waals surface area contributed by atoms with Crippen LogP contribution >= 0.6 is 0 Å². The number of hydrogen-bond acceptors (Lipinski definition) is 5. The van der Waals surface area contributed by atoms with Gasteiger partial charge in [0.05, 0.1) is 6.67 Å². The Bertz CT molecular complexity index is 369. The number of rotatable bonds is 1. The smallest absolute Gasteiger partial charge is 0.332 e. The molecule has 1 N–H and O–H groups in total. The van der Waals surface area contributed by atoms with Crippen LogP contribution in [0.5, 0.6) is 0 Å². The first-order chi connectivity index (χ1) is 7.50. The van der Waals surface area contributed by atoms with Crippen LogP contribution in [0, 0.1) is 6.92 Å². The van der Waals surface area contributed by atoms with Crippen LogP contribution in [-0.2, 0) is 0 Å². The van der Waals surface area contributed by atoms with Crippen molar-refractivity contribution in [1.82, 2.24) is 24.7 Å². The number of aryl methyl sites for hydroxylation is 1. The summed E-state index contributed by atoms with van der Waals surface area (Å²) in [6.45, 7) is 7.89. The maximum Gasteiger partial charge on any atom is 0.332 e. The molecule has 8 heteroatoms. The highest BCUT2D eigenvalue weighted by Crippen LogP contribution is 2.17. The lowest BCUT2D eigenvalue weighted by atomic mass is 9.59. The summed E-state index contributed by atoms with van der Waals surface area (Å²) in [5.41, 5.74) is 0. The first-order valence-corrected chi connectivity index (χ1v) is 5.58. The van der Waals surface area contributed by atoms with Crippen LogP contribution < -0.4 is 4.81 Å². The molecule has 0 atom stereocenters. The molecule has 1 aliphatic rings. The Morgan fingerprint density at radius 2 is 1.94 bits per heavy atom. The van der Waals surface area contributed by atoms with Crippen molar-refractivity contribution in [3.05, 3.63) is 5.82 Å². The lowest BCUT2D eigenvalue weighted by molar-refractivity contribution is 0.465. The zero-order valence-electron chi connectivity index (χ0n) is 10.6. The number of aromatic amines is 1. The van der Waals surface area contributed by atoms with Gasteiger partial charge in [-0.25, -0.2) is 0 Å². The van der Waals surface area contributed by atoms with Gasteiger partial charge in [-0.1, -0.05) is 13.6 Å². The van der Waals surface area contributed by atoms with Crippen LogP contribution in [-0.4, -0.2) is 59.4 Å². The van der Waals surface area contributed by atoms with Crippen LogP contribution in [0.15, 0.2) is 0 Å². The first-order valence-electron chi connectivity index (χ1n) is 5.58. The Labute approximate surface area is 97.2 Å². The van der Waals surface area contributed by atoms with Crippen molar-refractivity contribution in [2.75, 3.05) is 25.6 Å². The summed E-state index contributed by atoms with van der Waals surface area (Å²) < 4.78 is 2.30. The molecule has 86 valence electrons. The van der Waals surface area contributed by atoms with Gasteiger partial charge in [0.15, 0.2) is 0 Å². The van der Waals surface area contributed by atoms with Crippen molar-refractivity contribution >= 4 is 19.9 Å². The Morgan fingerprint density at radius 3 is 2.50 bits per heavy atom. The zero-order chi connectivity index (χ0) is 11.9. The molecule has 0 aliphatic carbocycles. The summed E-state index contributed by atoms with van der Waals surface area (Å²) in [6, 6.07) is 0. The van der Waals surface area contributed by atoms with Crippen LogP contribution in [0.25, 0.3) is 0 Å². The minimum atomic E-state index is 0.307. The lowest BCUT2D eigenvalue weighted by Gasteiger charge is -2.45. The van der Waals surface area contributed by atoms with Gasteiger partial charge >= 0.3 is 6.98 Å². The van der Waals surface area contributed by atoms with E-state index >= 15 is 0 Å². The summed E-state index contributed by atoms with van der Waals surface area (Å²) in [7, 11) is 4.23. The van der Waals surface area contributed by atoms with Crippen LogP contribution in [0.3, 0.4) is 0 Å². The predicted molar refractivity (Wildman–Crippen MR) is 67.2 cm³/mol. The zero-order valence-corrected chi connectivity index (χ0v) is 10.6. The molecule has 0 bridgehead atoms. The quantitative estimate of drug-likeness (QED) is 0.674. The van der Waals surface area contributed by atoms with Gasteiger partial charge in [0.1, 0.15) is 5.82 Å². The van der Waals surface area contributed by atoms with Crippen molar-refractivity contribution in [2.24, 2.45) is 0 Å². The van der Waals surface area contributed by atoms with Gasteiger partial charge in [-0.3, -0.25) is 5.10 Å². The van der Waals surface area contributed by atoms with E-state index in [9.17, 15) is 0 Å². The Kier molecular flexibility index (Phi) is 2.94. The van der Waals surface area contributed by atoms with Gasteiger partial charge in [0.25, 0.3) is 6.98 Å². The number of nitrogens with zero attached hydrogens (tertiary/aromatic N) is 5. The third-order valence-electron chi connectivity index (χ3n) is 3.49. The molecule has 1 fully saturated rings. The van der Waals surface area contributed by atoms with E-state index in [0.717, 1.165) is 18.4 Å². The molecule has 0 radical (unpaired) electrons. The summed E-state index contributed by atoms with van der Waals surface area (Å²) in [6.07, 6.45) is 0. The molecule has 0 aromatic carbocycles. The molecule has 0 saturated carbocycles. The third kappa shape index (κ3) is 1.82. The second-order valence-electron chi connectivity index (χ2n) is 4.52. The molecule has 2 rings (SSSR count). The van der Waals surface area contributed by atoms with Crippen molar-refractivity contribution in [3.8, 4) is 0 Å². The Hall–Kier alpha value is -1.01. The summed E-state index contributed by atoms with van der Waals surface area (Å²) >= 11 is 0. The second kappa shape index (κ2) is 4.10. The van der Waals surface area contributed by atoms with Crippen molar-refractivity contribution in [3.63, 3.8) is 0 Å². The lowest BCUT2D eigenvalue weighted by Crippen LogP contribution is -2.67. The fourth-order valence-electron chi connectivity index (χ4n) is 2.01. The minimum Gasteiger partial charge on any atom is -0.357 e. The van der Waals surface area contributed by atoms with Crippen molar-refractivity contribution in [1.29, 1.82) is 0 Å². The largest absolute Gasteiger partial charge is 0.357 e. The number of H-pyrrole nitrogens is 1. The number of aromatic nitrogens is 3. The fraction of sp³-hybridized carbons (Fsp3) is 0.750. The van der Waals surface area contributed by atoms with Gasteiger partial charge in [-0.05, 0) is 21.0 Å². The van der Waals surface area contributed by atoms with E-state index in [-0.39, 0.29) is 0 Å². The SMILES string of the molecule is CB1N(C)CN(c2n[nH]c(C)n2)B(C)N1C. The monoisotopic (exact) mass is 220 g/mol. The molecule has 2 heterocycles. The van der Waals surface area contributed by atoms with Gasteiger partial charge < -0.3 is 14.3 Å². The Morgan fingerprint density at radius 1 is 1.25 bits per heavy atom. The summed E-state index contributed by atoms with van der Waals surface area (Å²) in [5.74, 6) is 1.63. The first kappa shape index (κ1) is 11.5. The maximum atomic E-state index is 4.38. The van der Waals surface area contributed by atoms with E-state index in [2.05, 4.69) is 57.3 Å². The molecule has 0 unspecified atom stereocenters. The normalized spacial score (nSPS) is 19.7. The number of anilines is 1. The molecule has 1 aliphatic heterocycles. The van der Waals surface area contributed by atoms with Gasteiger partial charge in [0.2, 0.25) is 5.95 Å². The highest BCUT2D eigenvalue weighted by atomic mass is 15.4. The topological polar surface area (TPSA) is 51.3 Å². The van der Waals surface area contributed by atoms with E-state index in [4.69, 9.17) is 0 Å². The van der Waals surface area contributed by atoms with E-state index in [1.807, 2.05) is 6.92 Å². The number of nitrogens with one attached hydrogen (secondary N) is 1. The van der Waals surface area contributed by atoms with Crippen LogP contribution in [0.4, 0.5) is 5.95 Å². The molecule has 0 spiro atoms. The van der Waals surface area contributed by atoms with E-state index in [1.54, 1.807) is 0 Å². The van der Waals surface area contributed by atoms with Crippen LogP contribution in [0.2, 0.25) is 13.6 Å².